The van der Waals surface area contributed by atoms with E-state index in [1.807, 2.05) is 31.2 Å². The van der Waals surface area contributed by atoms with E-state index < -0.39 is 5.97 Å². The van der Waals surface area contributed by atoms with Crippen LogP contribution in [-0.2, 0) is 4.74 Å². The molecule has 0 atom stereocenters. The molecule has 3 aromatic rings. The molecular formula is C18H20N4O3. The van der Waals surface area contributed by atoms with E-state index in [1.54, 1.807) is 32.4 Å². The zero-order valence-corrected chi connectivity index (χ0v) is 14.9. The molecule has 3 rings (SSSR count). The molecule has 25 heavy (non-hydrogen) atoms. The molecule has 2 aromatic heterocycles. The first-order valence-electron chi connectivity index (χ1n) is 8.00. The van der Waals surface area contributed by atoms with Crippen LogP contribution in [0.1, 0.15) is 35.7 Å². The Balaban J connectivity index is 2.11. The Morgan fingerprint density at radius 3 is 2.40 bits per heavy atom. The Morgan fingerprint density at radius 1 is 1.12 bits per heavy atom. The Morgan fingerprint density at radius 2 is 1.80 bits per heavy atom. The highest BCUT2D eigenvalue weighted by Gasteiger charge is 2.21. The number of nitrogens with zero attached hydrogens (tertiary/aromatic N) is 4. The van der Waals surface area contributed by atoms with Gasteiger partial charge in [-0.15, -0.1) is 10.2 Å². The van der Waals surface area contributed by atoms with Gasteiger partial charge in [-0.25, -0.2) is 9.31 Å². The number of benzene rings is 1. The third-order valence-electron chi connectivity index (χ3n) is 3.86. The van der Waals surface area contributed by atoms with Crippen molar-refractivity contribution >= 4 is 11.6 Å². The van der Waals surface area contributed by atoms with Crippen molar-refractivity contribution < 1.29 is 14.3 Å². The summed E-state index contributed by atoms with van der Waals surface area (Å²) in [5, 5.41) is 12.8. The maximum absolute atomic E-state index is 12.2. The van der Waals surface area contributed by atoms with Gasteiger partial charge in [-0.2, -0.15) is 5.10 Å². The van der Waals surface area contributed by atoms with Crippen LogP contribution in [0.2, 0.25) is 0 Å². The van der Waals surface area contributed by atoms with Crippen LogP contribution in [-0.4, -0.2) is 39.0 Å². The topological polar surface area (TPSA) is 78.6 Å². The van der Waals surface area contributed by atoms with Gasteiger partial charge in [0.15, 0.2) is 11.3 Å². The first-order chi connectivity index (χ1) is 11.9. The lowest BCUT2D eigenvalue weighted by Crippen LogP contribution is -2.17. The summed E-state index contributed by atoms with van der Waals surface area (Å²) in [6, 6.07) is 7.65. The number of aryl methyl sites for hydroxylation is 2. The molecule has 0 aliphatic rings. The van der Waals surface area contributed by atoms with Crippen LogP contribution in [0.5, 0.6) is 5.75 Å². The zero-order chi connectivity index (χ0) is 18.1. The summed E-state index contributed by atoms with van der Waals surface area (Å²) < 4.78 is 12.1. The first-order valence-corrected chi connectivity index (χ1v) is 8.00. The number of methoxy groups -OCH3 is 1. The molecule has 130 valence electrons. The number of esters is 1. The fourth-order valence-electron chi connectivity index (χ4n) is 2.67. The summed E-state index contributed by atoms with van der Waals surface area (Å²) >= 11 is 0. The molecule has 0 aliphatic heterocycles. The van der Waals surface area contributed by atoms with Gasteiger partial charge < -0.3 is 9.47 Å². The van der Waals surface area contributed by atoms with Crippen molar-refractivity contribution in [3.05, 3.63) is 41.3 Å². The summed E-state index contributed by atoms with van der Waals surface area (Å²) in [5.41, 5.74) is 4.00. The maximum atomic E-state index is 12.2. The largest absolute Gasteiger partial charge is 0.497 e. The van der Waals surface area contributed by atoms with Crippen molar-refractivity contribution in [3.8, 4) is 16.9 Å². The molecule has 1 aromatic carbocycles. The predicted octanol–water partition coefficient (Wildman–Crippen LogP) is 2.98. The number of hydrogen-bond acceptors (Lipinski definition) is 6. The number of fused-ring (bicyclic) bond motifs is 1. The lowest BCUT2D eigenvalue weighted by atomic mass is 10.1. The van der Waals surface area contributed by atoms with Crippen LogP contribution >= 0.6 is 0 Å². The van der Waals surface area contributed by atoms with Crippen LogP contribution in [0.4, 0.5) is 0 Å². The number of ether oxygens (including phenoxy) is 2. The summed E-state index contributed by atoms with van der Waals surface area (Å²) in [4.78, 5) is 12.2. The van der Waals surface area contributed by atoms with Crippen LogP contribution in [0, 0.1) is 13.8 Å². The second-order valence-electron chi connectivity index (χ2n) is 6.01. The molecule has 0 fully saturated rings. The van der Waals surface area contributed by atoms with E-state index >= 15 is 0 Å². The Hall–Kier alpha value is -2.96. The second-order valence-corrected chi connectivity index (χ2v) is 6.01. The van der Waals surface area contributed by atoms with E-state index in [2.05, 4.69) is 15.3 Å². The quantitative estimate of drug-likeness (QED) is 0.679. The molecule has 0 radical (unpaired) electrons. The molecular weight excluding hydrogens is 320 g/mol. The summed E-state index contributed by atoms with van der Waals surface area (Å²) in [7, 11) is 1.63. The predicted molar refractivity (Wildman–Crippen MR) is 92.8 cm³/mol. The fourth-order valence-corrected chi connectivity index (χ4v) is 2.67. The number of carbonyl (C=O) groups is 1. The van der Waals surface area contributed by atoms with E-state index in [-0.39, 0.29) is 11.8 Å². The van der Waals surface area contributed by atoms with Gasteiger partial charge in [0.05, 0.1) is 30.2 Å². The Bertz CT molecular complexity index is 930. The van der Waals surface area contributed by atoms with Crippen LogP contribution in [0.3, 0.4) is 0 Å². The number of rotatable bonds is 4. The van der Waals surface area contributed by atoms with Gasteiger partial charge in [0, 0.05) is 0 Å². The second kappa shape index (κ2) is 6.51. The molecule has 0 spiro atoms. The molecule has 7 heteroatoms. The molecule has 0 aliphatic carbocycles. The van der Waals surface area contributed by atoms with Crippen LogP contribution in [0.25, 0.3) is 16.8 Å². The van der Waals surface area contributed by atoms with Crippen molar-refractivity contribution in [2.24, 2.45) is 0 Å². The molecule has 0 N–H and O–H groups in total. The monoisotopic (exact) mass is 340 g/mol. The Labute approximate surface area is 145 Å². The average Bonchev–Trinajstić information content (AvgIpc) is 2.91. The van der Waals surface area contributed by atoms with E-state index in [1.165, 1.54) is 0 Å². The zero-order valence-electron chi connectivity index (χ0n) is 14.9. The van der Waals surface area contributed by atoms with Crippen LogP contribution in [0.15, 0.2) is 24.3 Å². The standard InChI is InChI=1S/C18H20N4O3/c1-10(2)25-18(23)16-12(4)22-17(20-19-16)15(11(3)21-22)13-6-8-14(24-5)9-7-13/h6-10H,1-5H3. The summed E-state index contributed by atoms with van der Waals surface area (Å²) in [6.45, 7) is 7.26. The van der Waals surface area contributed by atoms with Crippen molar-refractivity contribution in [1.29, 1.82) is 0 Å². The third kappa shape index (κ3) is 3.05. The van der Waals surface area contributed by atoms with Crippen molar-refractivity contribution in [3.63, 3.8) is 0 Å². The molecule has 0 bridgehead atoms. The molecule has 0 unspecified atom stereocenters. The minimum atomic E-state index is -0.499. The van der Waals surface area contributed by atoms with E-state index in [9.17, 15) is 4.79 Å². The van der Waals surface area contributed by atoms with Crippen LogP contribution < -0.4 is 4.74 Å². The highest BCUT2D eigenvalue weighted by molar-refractivity contribution is 5.89. The van der Waals surface area contributed by atoms with E-state index in [0.717, 1.165) is 22.6 Å². The van der Waals surface area contributed by atoms with Crippen molar-refractivity contribution in [2.45, 2.75) is 33.8 Å². The molecule has 0 saturated heterocycles. The van der Waals surface area contributed by atoms with E-state index in [0.29, 0.717) is 11.3 Å². The molecule has 0 saturated carbocycles. The number of aromatic nitrogens is 4. The third-order valence-corrected chi connectivity index (χ3v) is 3.86. The highest BCUT2D eigenvalue weighted by atomic mass is 16.5. The number of hydrogen-bond donors (Lipinski definition) is 0. The van der Waals surface area contributed by atoms with Gasteiger partial charge in [0.25, 0.3) is 0 Å². The smallest absolute Gasteiger partial charge is 0.361 e. The fraction of sp³-hybridized carbons (Fsp3) is 0.333. The summed E-state index contributed by atoms with van der Waals surface area (Å²) in [6.07, 6.45) is -0.224. The van der Waals surface area contributed by atoms with Gasteiger partial charge in [-0.3, -0.25) is 0 Å². The maximum Gasteiger partial charge on any atom is 0.361 e. The average molecular weight is 340 g/mol. The normalized spacial score (nSPS) is 11.1. The van der Waals surface area contributed by atoms with Gasteiger partial charge >= 0.3 is 5.97 Å². The Kier molecular flexibility index (Phi) is 4.39. The summed E-state index contributed by atoms with van der Waals surface area (Å²) in [5.74, 6) is 0.278. The van der Waals surface area contributed by atoms with E-state index in [4.69, 9.17) is 9.47 Å². The number of carbonyl (C=O) groups excluding carboxylic acids is 1. The van der Waals surface area contributed by atoms with Gasteiger partial charge in [0.2, 0.25) is 0 Å². The minimum absolute atomic E-state index is 0.171. The van der Waals surface area contributed by atoms with Crippen molar-refractivity contribution in [2.75, 3.05) is 7.11 Å². The minimum Gasteiger partial charge on any atom is -0.497 e. The first kappa shape index (κ1) is 16.9. The SMILES string of the molecule is COc1ccc(-c2c(C)nn3c(C)c(C(=O)OC(C)C)nnc23)cc1. The molecule has 7 nitrogen and oxygen atoms in total. The van der Waals surface area contributed by atoms with Gasteiger partial charge in [-0.05, 0) is 45.4 Å². The molecule has 0 amide bonds. The highest BCUT2D eigenvalue weighted by Crippen LogP contribution is 2.29. The lowest BCUT2D eigenvalue weighted by molar-refractivity contribution is 0.0367. The van der Waals surface area contributed by atoms with Gasteiger partial charge in [-0.1, -0.05) is 12.1 Å². The van der Waals surface area contributed by atoms with Crippen molar-refractivity contribution in [1.82, 2.24) is 19.8 Å². The van der Waals surface area contributed by atoms with Gasteiger partial charge in [0.1, 0.15) is 5.75 Å². The lowest BCUT2D eigenvalue weighted by Gasteiger charge is -2.09. The molecule has 2 heterocycles.